The van der Waals surface area contributed by atoms with Crippen LogP contribution < -0.4 is 0 Å². The molecule has 0 spiro atoms. The van der Waals surface area contributed by atoms with Crippen LogP contribution in [0.3, 0.4) is 0 Å². The molecule has 0 bridgehead atoms. The summed E-state index contributed by atoms with van der Waals surface area (Å²) in [4.78, 5) is 17.2. The number of aromatic amines is 1. The first-order valence-corrected chi connectivity index (χ1v) is 9.06. The Bertz CT molecular complexity index is 945. The first-order valence-electron chi connectivity index (χ1n) is 9.06. The van der Waals surface area contributed by atoms with Gasteiger partial charge >= 0.3 is 0 Å². The summed E-state index contributed by atoms with van der Waals surface area (Å²) in [7, 11) is 0. The van der Waals surface area contributed by atoms with Gasteiger partial charge in [-0.1, -0.05) is 48.6 Å². The van der Waals surface area contributed by atoms with E-state index in [1.165, 1.54) is 5.56 Å². The number of allylic oxidation sites excluding steroid dienone is 1. The van der Waals surface area contributed by atoms with Crippen LogP contribution in [0.4, 0.5) is 0 Å². The topological polar surface area (TPSA) is 58.6 Å². The Labute approximate surface area is 152 Å². The molecule has 1 aromatic carbocycles. The quantitative estimate of drug-likeness (QED) is 0.731. The van der Waals surface area contributed by atoms with Gasteiger partial charge in [0.05, 0.1) is 11.1 Å². The minimum Gasteiger partial charge on any atom is -0.292 e. The zero-order valence-electron chi connectivity index (χ0n) is 14.4. The van der Waals surface area contributed by atoms with E-state index in [2.05, 4.69) is 57.7 Å². The molecule has 1 saturated carbocycles. The fourth-order valence-corrected chi connectivity index (χ4v) is 3.88. The lowest BCUT2D eigenvalue weighted by Gasteiger charge is -2.33. The third-order valence-electron chi connectivity index (χ3n) is 5.47. The van der Waals surface area contributed by atoms with E-state index in [0.717, 1.165) is 29.8 Å². The van der Waals surface area contributed by atoms with Crippen molar-refractivity contribution in [3.63, 3.8) is 0 Å². The van der Waals surface area contributed by atoms with Gasteiger partial charge in [-0.05, 0) is 30.5 Å². The van der Waals surface area contributed by atoms with E-state index in [-0.39, 0.29) is 17.1 Å². The molecular weight excluding hydrogens is 322 g/mol. The van der Waals surface area contributed by atoms with Crippen LogP contribution in [0.2, 0.25) is 0 Å². The van der Waals surface area contributed by atoms with Gasteiger partial charge in [0.25, 0.3) is 0 Å². The number of fused-ring (bicyclic) bond motifs is 1. The predicted octanol–water partition coefficient (Wildman–Crippen LogP) is 3.95. The van der Waals surface area contributed by atoms with E-state index >= 15 is 0 Å². The molecule has 1 fully saturated rings. The number of H-pyrrole nitrogens is 1. The summed E-state index contributed by atoms with van der Waals surface area (Å²) in [5.41, 5.74) is 4.38. The molecule has 2 aromatic heterocycles. The number of nitrogens with one attached hydrogen (secondary N) is 1. The fraction of sp³-hybridized carbons (Fsp3) is 0.227. The number of nitrogens with zero attached hydrogens (tertiary/aromatic N) is 2. The number of carbonyl (C=O) groups excluding carboxylic acids is 1. The first-order chi connectivity index (χ1) is 12.8. The number of carbonyl (C=O) groups is 1. The van der Waals surface area contributed by atoms with Gasteiger partial charge in [0.1, 0.15) is 5.69 Å². The monoisotopic (exact) mass is 341 g/mol. The summed E-state index contributed by atoms with van der Waals surface area (Å²) in [5.74, 6) is 0.351. The third-order valence-corrected chi connectivity index (χ3v) is 5.47. The van der Waals surface area contributed by atoms with Crippen molar-refractivity contribution in [2.75, 3.05) is 0 Å². The highest BCUT2D eigenvalue weighted by Crippen LogP contribution is 2.42. The van der Waals surface area contributed by atoms with Crippen molar-refractivity contribution in [3.8, 4) is 0 Å². The smallest absolute Gasteiger partial charge is 0.186 e. The van der Waals surface area contributed by atoms with Gasteiger partial charge in [0.2, 0.25) is 0 Å². The zero-order chi connectivity index (χ0) is 17.6. The molecule has 0 aliphatic heterocycles. The summed E-state index contributed by atoms with van der Waals surface area (Å²) in [6.07, 6.45) is 8.77. The summed E-state index contributed by atoms with van der Waals surface area (Å²) in [6, 6.07) is 16.4. The average molecular weight is 341 g/mol. The van der Waals surface area contributed by atoms with Gasteiger partial charge in [-0.2, -0.15) is 5.10 Å². The minimum absolute atomic E-state index is 0.174. The second-order valence-electron chi connectivity index (χ2n) is 7.17. The van der Waals surface area contributed by atoms with E-state index in [0.29, 0.717) is 12.1 Å². The van der Waals surface area contributed by atoms with Crippen LogP contribution in [0, 0.1) is 5.92 Å². The summed E-state index contributed by atoms with van der Waals surface area (Å²) in [6.45, 7) is 0. The number of aromatic nitrogens is 3. The number of hydrogen-bond acceptors (Lipinski definition) is 3. The molecule has 2 aliphatic carbocycles. The molecule has 128 valence electrons. The molecule has 0 saturated heterocycles. The first kappa shape index (κ1) is 15.3. The normalized spacial score (nSPS) is 21.4. The number of hydrogen-bond donors (Lipinski definition) is 1. The number of Topliss-reactive ketones (excluding diaryl/α,β-unsaturated/α-hetero) is 1. The SMILES string of the molecule is O=C(c1n[nH]c2c1C=CC(c1ccccc1)(c1ccccn1)C2)C1CC1. The molecule has 3 aromatic rings. The molecule has 1 N–H and O–H groups in total. The molecule has 1 atom stereocenters. The zero-order valence-corrected chi connectivity index (χ0v) is 14.4. The second kappa shape index (κ2) is 5.77. The Balaban J connectivity index is 1.63. The third kappa shape index (κ3) is 2.33. The summed E-state index contributed by atoms with van der Waals surface area (Å²) >= 11 is 0. The molecule has 0 amide bonds. The Morgan fingerprint density at radius 1 is 1.08 bits per heavy atom. The Morgan fingerprint density at radius 3 is 2.62 bits per heavy atom. The van der Waals surface area contributed by atoms with Crippen LogP contribution in [0.25, 0.3) is 6.08 Å². The molecular formula is C22H19N3O. The summed E-state index contributed by atoms with van der Waals surface area (Å²) in [5, 5.41) is 7.50. The summed E-state index contributed by atoms with van der Waals surface area (Å²) < 4.78 is 0. The molecule has 26 heavy (non-hydrogen) atoms. The Morgan fingerprint density at radius 2 is 1.88 bits per heavy atom. The van der Waals surface area contributed by atoms with Crippen LogP contribution >= 0.6 is 0 Å². The number of pyridine rings is 1. The van der Waals surface area contributed by atoms with Crippen molar-refractivity contribution in [2.24, 2.45) is 5.92 Å². The van der Waals surface area contributed by atoms with Crippen LogP contribution in [0.15, 0.2) is 60.8 Å². The van der Waals surface area contributed by atoms with E-state index in [1.807, 2.05) is 24.4 Å². The highest BCUT2D eigenvalue weighted by molar-refractivity contribution is 6.01. The van der Waals surface area contributed by atoms with Crippen LogP contribution in [-0.2, 0) is 11.8 Å². The molecule has 2 heterocycles. The van der Waals surface area contributed by atoms with Crippen LogP contribution in [-0.4, -0.2) is 21.0 Å². The van der Waals surface area contributed by atoms with Crippen LogP contribution in [0.1, 0.15) is 45.8 Å². The second-order valence-corrected chi connectivity index (χ2v) is 7.17. The van der Waals surface area contributed by atoms with Gasteiger partial charge in [-0.15, -0.1) is 0 Å². The van der Waals surface area contributed by atoms with Gasteiger partial charge in [-0.25, -0.2) is 0 Å². The molecule has 1 unspecified atom stereocenters. The van der Waals surface area contributed by atoms with Gasteiger partial charge in [0, 0.05) is 29.8 Å². The van der Waals surface area contributed by atoms with Crippen molar-refractivity contribution >= 4 is 11.9 Å². The van der Waals surface area contributed by atoms with E-state index in [1.54, 1.807) is 0 Å². The highest BCUT2D eigenvalue weighted by atomic mass is 16.1. The van der Waals surface area contributed by atoms with E-state index in [4.69, 9.17) is 0 Å². The number of ketones is 1. The number of benzene rings is 1. The van der Waals surface area contributed by atoms with Gasteiger partial charge in [0.15, 0.2) is 5.78 Å². The number of rotatable bonds is 4. The van der Waals surface area contributed by atoms with Crippen molar-refractivity contribution < 1.29 is 4.79 Å². The molecule has 5 rings (SSSR count). The lowest BCUT2D eigenvalue weighted by atomic mass is 9.70. The molecule has 0 radical (unpaired) electrons. The lowest BCUT2D eigenvalue weighted by Crippen LogP contribution is -2.31. The largest absolute Gasteiger partial charge is 0.292 e. The van der Waals surface area contributed by atoms with E-state index < -0.39 is 0 Å². The molecule has 4 heteroatoms. The van der Waals surface area contributed by atoms with Gasteiger partial charge < -0.3 is 0 Å². The highest BCUT2D eigenvalue weighted by Gasteiger charge is 2.40. The molecule has 4 nitrogen and oxygen atoms in total. The van der Waals surface area contributed by atoms with E-state index in [9.17, 15) is 4.79 Å². The average Bonchev–Trinajstić information content (AvgIpc) is 3.48. The van der Waals surface area contributed by atoms with Crippen molar-refractivity contribution in [1.82, 2.24) is 15.2 Å². The van der Waals surface area contributed by atoms with Crippen molar-refractivity contribution in [1.29, 1.82) is 0 Å². The maximum Gasteiger partial charge on any atom is 0.186 e. The molecule has 2 aliphatic rings. The maximum absolute atomic E-state index is 12.5. The maximum atomic E-state index is 12.5. The lowest BCUT2D eigenvalue weighted by molar-refractivity contribution is 0.0962. The standard InChI is InChI=1S/C22H19N3O/c26-21(15-9-10-15)20-17-11-12-22(14-18(17)24-25-20,16-6-2-1-3-7-16)19-8-4-5-13-23-19/h1-8,11-13,15H,9-10,14H2,(H,24,25). The predicted molar refractivity (Wildman–Crippen MR) is 99.8 cm³/mol. The van der Waals surface area contributed by atoms with Gasteiger partial charge in [-0.3, -0.25) is 14.9 Å². The Hall–Kier alpha value is -3.01. The van der Waals surface area contributed by atoms with Crippen molar-refractivity contribution in [2.45, 2.75) is 24.7 Å². The Kier molecular flexibility index (Phi) is 3.38. The fourth-order valence-electron chi connectivity index (χ4n) is 3.88. The van der Waals surface area contributed by atoms with Crippen LogP contribution in [0.5, 0.6) is 0 Å². The minimum atomic E-state index is -0.359. The van der Waals surface area contributed by atoms with Crippen molar-refractivity contribution in [3.05, 3.63) is 89.0 Å².